The molecule has 2 atom stereocenters. The van der Waals surface area contributed by atoms with Crippen LogP contribution in [0, 0.1) is 6.92 Å². The molecule has 6 nitrogen and oxygen atoms in total. The van der Waals surface area contributed by atoms with Crippen LogP contribution in [0.4, 0.5) is 5.69 Å². The van der Waals surface area contributed by atoms with Gasteiger partial charge in [0.2, 0.25) is 0 Å². The summed E-state index contributed by atoms with van der Waals surface area (Å²) in [7, 11) is 0. The molecule has 1 heterocycles. The minimum absolute atomic E-state index is 0.143. The Morgan fingerprint density at radius 3 is 2.72 bits per heavy atom. The number of anilines is 1. The quantitative estimate of drug-likeness (QED) is 0.874. The molecule has 2 unspecified atom stereocenters. The summed E-state index contributed by atoms with van der Waals surface area (Å²) in [5.41, 5.74) is 2.07. The number of amides is 1. The summed E-state index contributed by atoms with van der Waals surface area (Å²) in [5, 5.41) is 17.2. The van der Waals surface area contributed by atoms with Gasteiger partial charge in [-0.1, -0.05) is 6.42 Å². The number of aromatic nitrogens is 2. The summed E-state index contributed by atoms with van der Waals surface area (Å²) in [4.78, 5) is 12.4. The van der Waals surface area contributed by atoms with Gasteiger partial charge in [0, 0.05) is 12.2 Å². The minimum atomic E-state index is -0.398. The van der Waals surface area contributed by atoms with Crippen molar-refractivity contribution in [3.8, 4) is 5.75 Å². The van der Waals surface area contributed by atoms with Crippen LogP contribution in [-0.2, 0) is 6.54 Å². The van der Waals surface area contributed by atoms with Gasteiger partial charge in [-0.05, 0) is 63.4 Å². The summed E-state index contributed by atoms with van der Waals surface area (Å²) in [6.45, 7) is 4.47. The van der Waals surface area contributed by atoms with Crippen LogP contribution in [0.25, 0.3) is 0 Å². The lowest BCUT2D eigenvalue weighted by atomic mass is 9.95. The second-order valence-corrected chi connectivity index (χ2v) is 6.47. The van der Waals surface area contributed by atoms with Gasteiger partial charge < -0.3 is 15.2 Å². The molecule has 0 radical (unpaired) electrons. The molecule has 6 heteroatoms. The van der Waals surface area contributed by atoms with Crippen molar-refractivity contribution >= 4 is 11.6 Å². The van der Waals surface area contributed by atoms with Gasteiger partial charge in [0.05, 0.1) is 11.8 Å². The number of rotatable bonds is 5. The molecule has 1 amide bonds. The average Bonchev–Trinajstić information content (AvgIpc) is 3.00. The third-order valence-corrected chi connectivity index (χ3v) is 4.50. The predicted octanol–water partition coefficient (Wildman–Crippen LogP) is 3.15. The van der Waals surface area contributed by atoms with Crippen molar-refractivity contribution in [3.63, 3.8) is 0 Å². The molecule has 0 aliphatic heterocycles. The van der Waals surface area contributed by atoms with Gasteiger partial charge in [0.25, 0.3) is 5.91 Å². The van der Waals surface area contributed by atoms with Crippen molar-refractivity contribution in [1.29, 1.82) is 0 Å². The van der Waals surface area contributed by atoms with Crippen LogP contribution in [0.15, 0.2) is 30.3 Å². The summed E-state index contributed by atoms with van der Waals surface area (Å²) in [6.07, 6.45) is 3.27. The number of hydrogen-bond acceptors (Lipinski definition) is 4. The van der Waals surface area contributed by atoms with E-state index < -0.39 is 6.10 Å². The Bertz CT molecular complexity index is 724. The SMILES string of the molecule is CCn1nc(C)cc1C(=O)Nc1ccc(OC2CCCCC2O)cc1. The van der Waals surface area contributed by atoms with Crippen LogP contribution in [0.5, 0.6) is 5.75 Å². The monoisotopic (exact) mass is 343 g/mol. The van der Waals surface area contributed by atoms with Gasteiger partial charge in [-0.15, -0.1) is 0 Å². The smallest absolute Gasteiger partial charge is 0.273 e. The zero-order chi connectivity index (χ0) is 17.8. The fourth-order valence-corrected chi connectivity index (χ4v) is 3.17. The zero-order valence-corrected chi connectivity index (χ0v) is 14.7. The lowest BCUT2D eigenvalue weighted by Gasteiger charge is -2.28. The van der Waals surface area contributed by atoms with Crippen LogP contribution < -0.4 is 10.1 Å². The van der Waals surface area contributed by atoms with E-state index in [-0.39, 0.29) is 12.0 Å². The van der Waals surface area contributed by atoms with E-state index in [0.29, 0.717) is 23.7 Å². The number of aliphatic hydroxyl groups excluding tert-OH is 1. The molecule has 2 aromatic rings. The summed E-state index contributed by atoms with van der Waals surface area (Å²) < 4.78 is 7.56. The van der Waals surface area contributed by atoms with E-state index in [0.717, 1.165) is 31.4 Å². The second-order valence-electron chi connectivity index (χ2n) is 6.47. The maximum absolute atomic E-state index is 12.4. The number of ether oxygens (including phenoxy) is 1. The predicted molar refractivity (Wildman–Crippen MR) is 95.9 cm³/mol. The number of carbonyl (C=O) groups excluding carboxylic acids is 1. The standard InChI is InChI=1S/C19H25N3O3/c1-3-22-16(12-13(2)21-22)19(24)20-14-8-10-15(11-9-14)25-18-7-5-4-6-17(18)23/h8-12,17-18,23H,3-7H2,1-2H3,(H,20,24). The van der Waals surface area contributed by atoms with E-state index in [1.165, 1.54) is 0 Å². The fourth-order valence-electron chi connectivity index (χ4n) is 3.17. The Morgan fingerprint density at radius 2 is 2.04 bits per heavy atom. The molecule has 1 saturated carbocycles. The highest BCUT2D eigenvalue weighted by atomic mass is 16.5. The van der Waals surface area contributed by atoms with E-state index in [1.807, 2.05) is 38.1 Å². The zero-order valence-electron chi connectivity index (χ0n) is 14.7. The molecule has 0 saturated heterocycles. The lowest BCUT2D eigenvalue weighted by Crippen LogP contribution is -2.34. The van der Waals surface area contributed by atoms with Crippen molar-refractivity contribution in [1.82, 2.24) is 9.78 Å². The van der Waals surface area contributed by atoms with Crippen molar-refractivity contribution in [3.05, 3.63) is 41.7 Å². The van der Waals surface area contributed by atoms with Crippen LogP contribution in [0.1, 0.15) is 48.8 Å². The van der Waals surface area contributed by atoms with Gasteiger partial charge in [0.1, 0.15) is 17.5 Å². The van der Waals surface area contributed by atoms with Crippen LogP contribution in [0.2, 0.25) is 0 Å². The Labute approximate surface area is 147 Å². The number of benzene rings is 1. The number of aliphatic hydroxyl groups is 1. The third-order valence-electron chi connectivity index (χ3n) is 4.50. The molecule has 1 fully saturated rings. The maximum atomic E-state index is 12.4. The fraction of sp³-hybridized carbons (Fsp3) is 0.474. The van der Waals surface area contributed by atoms with Crippen molar-refractivity contribution in [2.75, 3.05) is 5.32 Å². The Hall–Kier alpha value is -2.34. The molecule has 0 spiro atoms. The number of carbonyl (C=O) groups is 1. The van der Waals surface area contributed by atoms with Gasteiger partial charge in [0.15, 0.2) is 0 Å². The molecule has 0 bridgehead atoms. The van der Waals surface area contributed by atoms with E-state index in [1.54, 1.807) is 10.7 Å². The van der Waals surface area contributed by atoms with E-state index >= 15 is 0 Å². The van der Waals surface area contributed by atoms with Crippen LogP contribution in [-0.4, -0.2) is 33.0 Å². The molecule has 1 aliphatic rings. The van der Waals surface area contributed by atoms with E-state index in [9.17, 15) is 9.90 Å². The first-order valence-corrected chi connectivity index (χ1v) is 8.87. The Balaban J connectivity index is 1.63. The third kappa shape index (κ3) is 4.20. The largest absolute Gasteiger partial charge is 0.488 e. The van der Waals surface area contributed by atoms with Gasteiger partial charge in [-0.25, -0.2) is 0 Å². The summed E-state index contributed by atoms with van der Waals surface area (Å²) in [6, 6.07) is 9.03. The average molecular weight is 343 g/mol. The summed E-state index contributed by atoms with van der Waals surface area (Å²) >= 11 is 0. The van der Waals surface area contributed by atoms with Gasteiger partial charge >= 0.3 is 0 Å². The molecule has 1 aliphatic carbocycles. The van der Waals surface area contributed by atoms with Crippen LogP contribution in [0.3, 0.4) is 0 Å². The van der Waals surface area contributed by atoms with Crippen molar-refractivity contribution in [2.45, 2.75) is 58.3 Å². The highest BCUT2D eigenvalue weighted by Crippen LogP contribution is 2.25. The number of nitrogens with zero attached hydrogens (tertiary/aromatic N) is 2. The molecule has 2 N–H and O–H groups in total. The highest BCUT2D eigenvalue weighted by Gasteiger charge is 2.24. The van der Waals surface area contributed by atoms with Crippen molar-refractivity contribution in [2.24, 2.45) is 0 Å². The van der Waals surface area contributed by atoms with Crippen LogP contribution >= 0.6 is 0 Å². The molecule has 3 rings (SSSR count). The highest BCUT2D eigenvalue weighted by molar-refractivity contribution is 6.03. The van der Waals surface area contributed by atoms with Gasteiger partial charge in [-0.3, -0.25) is 9.48 Å². The first-order chi connectivity index (χ1) is 12.1. The van der Waals surface area contributed by atoms with Gasteiger partial charge in [-0.2, -0.15) is 5.10 Å². The number of hydrogen-bond donors (Lipinski definition) is 2. The molecule has 1 aromatic carbocycles. The molecule has 134 valence electrons. The van der Waals surface area contributed by atoms with E-state index in [2.05, 4.69) is 10.4 Å². The first kappa shape index (κ1) is 17.5. The first-order valence-electron chi connectivity index (χ1n) is 8.87. The number of nitrogens with one attached hydrogen (secondary N) is 1. The normalized spacial score (nSPS) is 20.3. The lowest BCUT2D eigenvalue weighted by molar-refractivity contribution is 0.00688. The minimum Gasteiger partial charge on any atom is -0.488 e. The maximum Gasteiger partial charge on any atom is 0.273 e. The number of aryl methyl sites for hydroxylation is 2. The molecule has 25 heavy (non-hydrogen) atoms. The molecular formula is C19H25N3O3. The molecule has 1 aromatic heterocycles. The Kier molecular flexibility index (Phi) is 5.38. The second kappa shape index (κ2) is 7.70. The molecular weight excluding hydrogens is 318 g/mol. The topological polar surface area (TPSA) is 76.4 Å². The summed E-state index contributed by atoms with van der Waals surface area (Å²) in [5.74, 6) is 0.525. The van der Waals surface area contributed by atoms with Crippen molar-refractivity contribution < 1.29 is 14.6 Å². The Morgan fingerprint density at radius 1 is 1.32 bits per heavy atom. The van der Waals surface area contributed by atoms with E-state index in [4.69, 9.17) is 4.74 Å².